The van der Waals surface area contributed by atoms with Crippen LogP contribution < -0.4 is 5.48 Å². The standard InChI is InChI=1S/C10H6F9NO/c11-7(12,5-1-3-6(20-21)4-2-5)8(13,14)9(15,16)10(17,18)19/h1-4,20-21H. The predicted octanol–water partition coefficient (Wildman–Crippen LogP) is 4.41. The van der Waals surface area contributed by atoms with Crippen molar-refractivity contribution in [2.45, 2.75) is 23.9 Å². The molecule has 0 atom stereocenters. The fourth-order valence-electron chi connectivity index (χ4n) is 1.31. The first-order valence-electron chi connectivity index (χ1n) is 5.00. The topological polar surface area (TPSA) is 32.3 Å². The summed E-state index contributed by atoms with van der Waals surface area (Å²) >= 11 is 0. The van der Waals surface area contributed by atoms with E-state index in [0.29, 0.717) is 12.1 Å². The average Bonchev–Trinajstić information content (AvgIpc) is 2.37. The zero-order valence-electron chi connectivity index (χ0n) is 9.66. The zero-order chi connectivity index (χ0) is 16.7. The van der Waals surface area contributed by atoms with Gasteiger partial charge in [-0.1, -0.05) is 12.1 Å². The Morgan fingerprint density at radius 2 is 1.14 bits per heavy atom. The summed E-state index contributed by atoms with van der Waals surface area (Å²) in [5, 5.41) is 8.37. The van der Waals surface area contributed by atoms with Crippen LogP contribution in [0, 0.1) is 0 Å². The van der Waals surface area contributed by atoms with Crippen LogP contribution in [0.25, 0.3) is 0 Å². The fourth-order valence-corrected chi connectivity index (χ4v) is 1.31. The van der Waals surface area contributed by atoms with Gasteiger partial charge < -0.3 is 0 Å². The molecule has 0 aliphatic heterocycles. The van der Waals surface area contributed by atoms with Gasteiger partial charge >= 0.3 is 23.9 Å². The number of rotatable bonds is 4. The lowest BCUT2D eigenvalue weighted by atomic mass is 9.96. The third kappa shape index (κ3) is 2.61. The van der Waals surface area contributed by atoms with Crippen molar-refractivity contribution in [3.8, 4) is 0 Å². The molecule has 0 saturated heterocycles. The van der Waals surface area contributed by atoms with Gasteiger partial charge in [0, 0.05) is 5.56 Å². The molecule has 0 radical (unpaired) electrons. The summed E-state index contributed by atoms with van der Waals surface area (Å²) in [6, 6.07) is 1.54. The Bertz CT molecular complexity index is 494. The molecule has 21 heavy (non-hydrogen) atoms. The molecular weight excluding hydrogens is 321 g/mol. The Labute approximate surface area is 111 Å². The minimum Gasteiger partial charge on any atom is -0.291 e. The van der Waals surface area contributed by atoms with Crippen molar-refractivity contribution in [3.63, 3.8) is 0 Å². The fraction of sp³-hybridized carbons (Fsp3) is 0.400. The molecule has 0 aromatic heterocycles. The highest BCUT2D eigenvalue weighted by Crippen LogP contribution is 2.56. The lowest BCUT2D eigenvalue weighted by Gasteiger charge is -2.33. The summed E-state index contributed by atoms with van der Waals surface area (Å²) in [6.45, 7) is 0. The molecule has 0 bridgehead atoms. The van der Waals surface area contributed by atoms with Gasteiger partial charge in [-0.2, -0.15) is 39.5 Å². The molecule has 1 aromatic carbocycles. The largest absolute Gasteiger partial charge is 0.460 e. The van der Waals surface area contributed by atoms with Gasteiger partial charge in [0.15, 0.2) is 0 Å². The molecule has 2 nitrogen and oxygen atoms in total. The lowest BCUT2D eigenvalue weighted by molar-refractivity contribution is -0.399. The number of anilines is 1. The maximum absolute atomic E-state index is 13.4. The molecule has 0 heterocycles. The first-order chi connectivity index (χ1) is 9.29. The third-order valence-electron chi connectivity index (χ3n) is 2.52. The Morgan fingerprint density at radius 3 is 1.48 bits per heavy atom. The minimum atomic E-state index is -6.93. The monoisotopic (exact) mass is 327 g/mol. The van der Waals surface area contributed by atoms with Crippen LogP contribution in [0.3, 0.4) is 0 Å². The smallest absolute Gasteiger partial charge is 0.291 e. The van der Waals surface area contributed by atoms with E-state index in [4.69, 9.17) is 5.21 Å². The molecule has 0 unspecified atom stereocenters. The van der Waals surface area contributed by atoms with Crippen LogP contribution in [0.5, 0.6) is 0 Å². The van der Waals surface area contributed by atoms with Crippen LogP contribution in [-0.2, 0) is 5.92 Å². The normalized spacial score (nSPS) is 14.2. The van der Waals surface area contributed by atoms with Gasteiger partial charge in [-0.15, -0.1) is 0 Å². The maximum Gasteiger partial charge on any atom is 0.460 e. The molecule has 0 aliphatic rings. The molecule has 0 aliphatic carbocycles. The van der Waals surface area contributed by atoms with Crippen LogP contribution in [-0.4, -0.2) is 23.2 Å². The predicted molar refractivity (Wildman–Crippen MR) is 51.7 cm³/mol. The van der Waals surface area contributed by atoms with E-state index in [-0.39, 0.29) is 17.8 Å². The first kappa shape index (κ1) is 17.4. The van der Waals surface area contributed by atoms with Gasteiger partial charge in [-0.25, -0.2) is 0 Å². The van der Waals surface area contributed by atoms with E-state index in [1.165, 1.54) is 5.48 Å². The molecule has 0 fully saturated rings. The van der Waals surface area contributed by atoms with Gasteiger partial charge in [0.25, 0.3) is 0 Å². The SMILES string of the molecule is ONc1ccc(C(F)(F)C(F)(F)C(F)(F)C(F)(F)F)cc1. The number of hydrogen-bond acceptors (Lipinski definition) is 2. The molecule has 0 amide bonds. The molecule has 2 N–H and O–H groups in total. The molecule has 0 spiro atoms. The van der Waals surface area contributed by atoms with Crippen molar-refractivity contribution < 1.29 is 44.7 Å². The highest BCUT2D eigenvalue weighted by Gasteiger charge is 2.81. The molecule has 1 aromatic rings. The van der Waals surface area contributed by atoms with Crippen molar-refractivity contribution in [2.24, 2.45) is 0 Å². The summed E-state index contributed by atoms with van der Waals surface area (Å²) < 4.78 is 114. The van der Waals surface area contributed by atoms with E-state index in [1.807, 2.05) is 0 Å². The highest BCUT2D eigenvalue weighted by molar-refractivity contribution is 5.43. The first-order valence-corrected chi connectivity index (χ1v) is 5.00. The number of nitrogens with one attached hydrogen (secondary N) is 1. The number of benzene rings is 1. The van der Waals surface area contributed by atoms with E-state index >= 15 is 0 Å². The quantitative estimate of drug-likeness (QED) is 0.634. The Kier molecular flexibility index (Phi) is 4.12. The Hall–Kier alpha value is -1.65. The van der Waals surface area contributed by atoms with Gasteiger partial charge in [-0.05, 0) is 12.1 Å². The third-order valence-corrected chi connectivity index (χ3v) is 2.52. The van der Waals surface area contributed by atoms with E-state index in [9.17, 15) is 39.5 Å². The molecule has 1 rings (SSSR count). The molecule has 0 saturated carbocycles. The van der Waals surface area contributed by atoms with Gasteiger partial charge in [-0.3, -0.25) is 10.7 Å². The highest BCUT2D eigenvalue weighted by atomic mass is 19.4. The second-order valence-corrected chi connectivity index (χ2v) is 3.91. The summed E-state index contributed by atoms with van der Waals surface area (Å²) in [4.78, 5) is 0. The van der Waals surface area contributed by atoms with Crippen LogP contribution in [0.2, 0.25) is 0 Å². The van der Waals surface area contributed by atoms with Crippen molar-refractivity contribution in [1.82, 2.24) is 0 Å². The maximum atomic E-state index is 13.4. The van der Waals surface area contributed by atoms with Crippen molar-refractivity contribution >= 4 is 5.69 Å². The average molecular weight is 327 g/mol. The lowest BCUT2D eigenvalue weighted by Crippen LogP contribution is -2.59. The molecule has 120 valence electrons. The van der Waals surface area contributed by atoms with Crippen LogP contribution in [0.15, 0.2) is 24.3 Å². The summed E-state index contributed by atoms with van der Waals surface area (Å²) in [7, 11) is 0. The van der Waals surface area contributed by atoms with Crippen LogP contribution in [0.4, 0.5) is 45.2 Å². The zero-order valence-corrected chi connectivity index (χ0v) is 9.66. The molecule has 11 heteroatoms. The van der Waals surface area contributed by atoms with Gasteiger partial charge in [0.1, 0.15) is 0 Å². The Morgan fingerprint density at radius 1 is 0.714 bits per heavy atom. The number of alkyl halides is 9. The summed E-state index contributed by atoms with van der Waals surface area (Å²) in [5.74, 6) is -19.4. The van der Waals surface area contributed by atoms with Crippen molar-refractivity contribution in [2.75, 3.05) is 5.48 Å². The number of halogens is 9. The summed E-state index contributed by atoms with van der Waals surface area (Å²) in [5.41, 5.74) is -0.593. The Balaban J connectivity index is 3.32. The van der Waals surface area contributed by atoms with E-state index < -0.39 is 29.5 Å². The van der Waals surface area contributed by atoms with Crippen molar-refractivity contribution in [1.29, 1.82) is 0 Å². The van der Waals surface area contributed by atoms with E-state index in [1.54, 1.807) is 0 Å². The van der Waals surface area contributed by atoms with Crippen molar-refractivity contribution in [3.05, 3.63) is 29.8 Å². The van der Waals surface area contributed by atoms with Gasteiger partial charge in [0.05, 0.1) is 5.69 Å². The van der Waals surface area contributed by atoms with Crippen LogP contribution in [0.1, 0.15) is 5.56 Å². The number of hydrogen-bond donors (Lipinski definition) is 2. The second-order valence-electron chi connectivity index (χ2n) is 3.91. The second kappa shape index (κ2) is 4.97. The molecular formula is C10H6F9NO. The van der Waals surface area contributed by atoms with Crippen LogP contribution >= 0.6 is 0 Å². The van der Waals surface area contributed by atoms with E-state index in [2.05, 4.69) is 0 Å². The minimum absolute atomic E-state index is 0.179. The van der Waals surface area contributed by atoms with E-state index in [0.717, 1.165) is 0 Å². The van der Waals surface area contributed by atoms with Gasteiger partial charge in [0.2, 0.25) is 0 Å². The summed E-state index contributed by atoms with van der Waals surface area (Å²) in [6.07, 6.45) is -6.85.